The molecule has 0 bridgehead atoms. The third-order valence-electron chi connectivity index (χ3n) is 4.79. The molecule has 1 fully saturated rings. The zero-order valence-corrected chi connectivity index (χ0v) is 17.2. The van der Waals surface area contributed by atoms with Crippen LogP contribution in [0.3, 0.4) is 0 Å². The molecule has 3 rings (SSSR count). The summed E-state index contributed by atoms with van der Waals surface area (Å²) in [6, 6.07) is 7.46. The summed E-state index contributed by atoms with van der Waals surface area (Å²) in [6.45, 7) is 0.979. The van der Waals surface area contributed by atoms with Crippen LogP contribution in [0.25, 0.3) is 0 Å². The maximum Gasteiger partial charge on any atom is 0.315 e. The van der Waals surface area contributed by atoms with Crippen LogP contribution in [0.5, 0.6) is 0 Å². The van der Waals surface area contributed by atoms with E-state index in [1.807, 2.05) is 18.2 Å². The minimum absolute atomic E-state index is 0.137. The van der Waals surface area contributed by atoms with Crippen molar-refractivity contribution in [2.75, 3.05) is 24.6 Å². The van der Waals surface area contributed by atoms with Crippen molar-refractivity contribution < 1.29 is 9.59 Å². The molecule has 0 saturated heterocycles. The Labute approximate surface area is 176 Å². The maximum atomic E-state index is 12.0. The van der Waals surface area contributed by atoms with E-state index in [0.717, 1.165) is 43.4 Å². The highest BCUT2D eigenvalue weighted by molar-refractivity contribution is 5.98. The maximum absolute atomic E-state index is 12.0. The number of nitrogens with one attached hydrogen (secondary N) is 4. The molecule has 1 saturated carbocycles. The van der Waals surface area contributed by atoms with Gasteiger partial charge in [-0.05, 0) is 55.9 Å². The molecule has 160 valence electrons. The molecule has 0 aromatic carbocycles. The molecular weight excluding hydrogens is 382 g/mol. The zero-order chi connectivity index (χ0) is 21.3. The van der Waals surface area contributed by atoms with Gasteiger partial charge in [-0.1, -0.05) is 6.07 Å². The van der Waals surface area contributed by atoms with Gasteiger partial charge in [0.05, 0.1) is 5.56 Å². The first-order valence-corrected chi connectivity index (χ1v) is 10.3. The van der Waals surface area contributed by atoms with Crippen molar-refractivity contribution in [3.8, 4) is 0 Å². The lowest BCUT2D eigenvalue weighted by atomic mass is 10.1. The quantitative estimate of drug-likeness (QED) is 0.379. The lowest BCUT2D eigenvalue weighted by Gasteiger charge is -2.12. The van der Waals surface area contributed by atoms with Gasteiger partial charge in [0.1, 0.15) is 11.6 Å². The highest BCUT2D eigenvalue weighted by atomic mass is 16.2. The normalized spacial score (nSPS) is 12.8. The van der Waals surface area contributed by atoms with Crippen LogP contribution in [-0.4, -0.2) is 41.5 Å². The van der Waals surface area contributed by atoms with Gasteiger partial charge in [-0.25, -0.2) is 14.8 Å². The molecule has 1 aliphatic carbocycles. The number of nitrogens with two attached hydrogens (primary N) is 1. The van der Waals surface area contributed by atoms with Gasteiger partial charge in [0.2, 0.25) is 0 Å². The molecule has 2 heterocycles. The Bertz CT molecular complexity index is 866. The first kappa shape index (κ1) is 21.4. The Hall–Kier alpha value is -3.36. The lowest BCUT2D eigenvalue weighted by Crippen LogP contribution is -2.35. The average Bonchev–Trinajstić information content (AvgIpc) is 3.57. The summed E-state index contributed by atoms with van der Waals surface area (Å²) in [4.78, 5) is 32.5. The number of rotatable bonds is 10. The van der Waals surface area contributed by atoms with E-state index in [4.69, 9.17) is 5.73 Å². The van der Waals surface area contributed by atoms with E-state index in [-0.39, 0.29) is 11.9 Å². The van der Waals surface area contributed by atoms with E-state index >= 15 is 0 Å². The van der Waals surface area contributed by atoms with Crippen LogP contribution in [0, 0.1) is 0 Å². The molecule has 0 unspecified atom stereocenters. The van der Waals surface area contributed by atoms with E-state index in [0.29, 0.717) is 36.3 Å². The number of carbonyl (C=O) groups excluding carboxylic acids is 2. The number of urea groups is 1. The van der Waals surface area contributed by atoms with E-state index in [9.17, 15) is 9.59 Å². The number of hydrogen-bond acceptors (Lipinski definition) is 6. The number of aryl methyl sites for hydroxylation is 1. The number of amides is 3. The number of carbonyl (C=O) groups is 2. The monoisotopic (exact) mass is 411 g/mol. The van der Waals surface area contributed by atoms with Crippen molar-refractivity contribution >= 4 is 23.6 Å². The van der Waals surface area contributed by atoms with E-state index in [2.05, 4.69) is 31.2 Å². The second kappa shape index (κ2) is 10.4. The smallest absolute Gasteiger partial charge is 0.315 e. The minimum Gasteiger partial charge on any atom is -0.384 e. The van der Waals surface area contributed by atoms with Crippen molar-refractivity contribution in [1.82, 2.24) is 25.9 Å². The molecule has 0 atom stereocenters. The fourth-order valence-corrected chi connectivity index (χ4v) is 2.91. The number of nitrogen functional groups attached to an aromatic ring is 1. The van der Waals surface area contributed by atoms with Crippen molar-refractivity contribution in [3.05, 3.63) is 47.3 Å². The predicted octanol–water partition coefficient (Wildman–Crippen LogP) is 1.81. The summed E-state index contributed by atoms with van der Waals surface area (Å²) in [5.74, 6) is 0.975. The van der Waals surface area contributed by atoms with Gasteiger partial charge in [-0.3, -0.25) is 4.79 Å². The molecule has 1 aliphatic rings. The molecule has 2 aromatic heterocycles. The summed E-state index contributed by atoms with van der Waals surface area (Å²) in [7, 11) is 1.62. The van der Waals surface area contributed by atoms with Gasteiger partial charge in [0, 0.05) is 38.1 Å². The molecule has 3 amide bonds. The predicted molar refractivity (Wildman–Crippen MR) is 116 cm³/mol. The van der Waals surface area contributed by atoms with Crippen LogP contribution in [-0.2, 0) is 13.0 Å². The molecule has 9 nitrogen and oxygen atoms in total. The number of hydrogen-bond donors (Lipinski definition) is 5. The fraction of sp³-hybridized carbons (Fsp3) is 0.429. The van der Waals surface area contributed by atoms with E-state index < -0.39 is 0 Å². The minimum atomic E-state index is -0.212. The molecular formula is C21H29N7O2. The molecule has 6 N–H and O–H groups in total. The second-order valence-electron chi connectivity index (χ2n) is 7.35. The highest BCUT2D eigenvalue weighted by Crippen LogP contribution is 2.26. The molecule has 9 heteroatoms. The van der Waals surface area contributed by atoms with Crippen LogP contribution >= 0.6 is 0 Å². The zero-order valence-electron chi connectivity index (χ0n) is 17.2. The van der Waals surface area contributed by atoms with E-state index in [1.54, 1.807) is 19.3 Å². The van der Waals surface area contributed by atoms with Crippen molar-refractivity contribution in [1.29, 1.82) is 0 Å². The summed E-state index contributed by atoms with van der Waals surface area (Å²) >= 11 is 0. The van der Waals surface area contributed by atoms with Crippen molar-refractivity contribution in [2.45, 2.75) is 44.7 Å². The Morgan fingerprint density at radius 1 is 1.13 bits per heavy atom. The van der Waals surface area contributed by atoms with Crippen LogP contribution in [0.2, 0.25) is 0 Å². The first-order chi connectivity index (χ1) is 14.5. The highest BCUT2D eigenvalue weighted by Gasteiger charge is 2.24. The van der Waals surface area contributed by atoms with Crippen LogP contribution in [0.4, 0.5) is 16.4 Å². The SMILES string of the molecule is CNC(=O)c1ccc(CCCCNC(=O)NCc2ccc(N)nc2)nc1NC1CC1. The summed E-state index contributed by atoms with van der Waals surface area (Å²) in [5, 5.41) is 11.6. The summed E-state index contributed by atoms with van der Waals surface area (Å²) in [6.07, 6.45) is 6.37. The van der Waals surface area contributed by atoms with Gasteiger partial charge in [0.25, 0.3) is 5.91 Å². The Morgan fingerprint density at radius 2 is 1.97 bits per heavy atom. The van der Waals surface area contributed by atoms with Crippen LogP contribution in [0.1, 0.15) is 47.3 Å². The number of anilines is 2. The Balaban J connectivity index is 1.37. The topological polar surface area (TPSA) is 134 Å². The summed E-state index contributed by atoms with van der Waals surface area (Å²) in [5.41, 5.74) is 7.94. The largest absolute Gasteiger partial charge is 0.384 e. The first-order valence-electron chi connectivity index (χ1n) is 10.3. The molecule has 2 aromatic rings. The third kappa shape index (κ3) is 6.61. The number of pyridine rings is 2. The number of unbranched alkanes of at least 4 members (excludes halogenated alkanes) is 1. The number of aromatic nitrogens is 2. The van der Waals surface area contributed by atoms with Crippen molar-refractivity contribution in [2.24, 2.45) is 0 Å². The standard InChI is InChI=1S/C21H29N7O2/c1-23-20(29)17-9-8-15(27-19(17)28-16-6-7-16)4-2-3-11-24-21(30)26-13-14-5-10-18(22)25-12-14/h5,8-10,12,16H,2-4,6-7,11,13H2,1H3,(H2,22,25)(H,23,29)(H,27,28)(H2,24,26,30). The summed E-state index contributed by atoms with van der Waals surface area (Å²) < 4.78 is 0. The Morgan fingerprint density at radius 3 is 2.67 bits per heavy atom. The third-order valence-corrected chi connectivity index (χ3v) is 4.79. The fourth-order valence-electron chi connectivity index (χ4n) is 2.91. The average molecular weight is 412 g/mol. The van der Waals surface area contributed by atoms with Gasteiger partial charge in [0.15, 0.2) is 0 Å². The second-order valence-corrected chi connectivity index (χ2v) is 7.35. The van der Waals surface area contributed by atoms with Gasteiger partial charge >= 0.3 is 6.03 Å². The molecule has 0 spiro atoms. The van der Waals surface area contributed by atoms with Crippen LogP contribution in [0.15, 0.2) is 30.5 Å². The number of nitrogens with zero attached hydrogens (tertiary/aromatic N) is 2. The van der Waals surface area contributed by atoms with Crippen molar-refractivity contribution in [3.63, 3.8) is 0 Å². The van der Waals surface area contributed by atoms with E-state index in [1.165, 1.54) is 0 Å². The molecule has 0 aliphatic heterocycles. The van der Waals surface area contributed by atoms with Gasteiger partial charge < -0.3 is 27.0 Å². The Kier molecular flexibility index (Phi) is 7.42. The lowest BCUT2D eigenvalue weighted by molar-refractivity contribution is 0.0963. The molecule has 30 heavy (non-hydrogen) atoms. The van der Waals surface area contributed by atoms with Gasteiger partial charge in [-0.15, -0.1) is 0 Å². The van der Waals surface area contributed by atoms with Gasteiger partial charge in [-0.2, -0.15) is 0 Å². The van der Waals surface area contributed by atoms with Crippen LogP contribution < -0.4 is 27.0 Å². The molecule has 0 radical (unpaired) electrons.